The Morgan fingerprint density at radius 3 is 2.85 bits per heavy atom. The lowest BCUT2D eigenvalue weighted by molar-refractivity contribution is 0.801. The number of anilines is 2. The molecule has 0 bridgehead atoms. The molecule has 0 spiro atoms. The molecular weight excluding hydrogens is 323 g/mol. The summed E-state index contributed by atoms with van der Waals surface area (Å²) >= 11 is 0. The second-order valence-electron chi connectivity index (χ2n) is 6.63. The molecular formula is C19H19BN6. The third-order valence-corrected chi connectivity index (χ3v) is 4.81. The molecule has 6 nitrogen and oxygen atoms in total. The minimum Gasteiger partial charge on any atom is -0.381 e. The maximum absolute atomic E-state index is 9.08. The van der Waals surface area contributed by atoms with Gasteiger partial charge in [-0.05, 0) is 36.5 Å². The van der Waals surface area contributed by atoms with E-state index in [9.17, 15) is 0 Å². The van der Waals surface area contributed by atoms with Gasteiger partial charge in [0.05, 0.1) is 28.6 Å². The Labute approximate surface area is 152 Å². The van der Waals surface area contributed by atoms with Crippen molar-refractivity contribution in [3.05, 3.63) is 54.6 Å². The Hall–Kier alpha value is -3.14. The van der Waals surface area contributed by atoms with E-state index < -0.39 is 0 Å². The molecule has 2 N–H and O–H groups in total. The number of nitriles is 1. The second-order valence-corrected chi connectivity index (χ2v) is 6.63. The number of nitrogens with one attached hydrogen (secondary N) is 2. The van der Waals surface area contributed by atoms with Gasteiger partial charge in [-0.1, -0.05) is 12.4 Å². The van der Waals surface area contributed by atoms with E-state index in [1.165, 1.54) is 0 Å². The van der Waals surface area contributed by atoms with Crippen LogP contribution in [0.15, 0.2) is 49.1 Å². The summed E-state index contributed by atoms with van der Waals surface area (Å²) in [6.45, 7) is 0.850. The molecule has 1 aliphatic rings. The molecule has 0 aliphatic carbocycles. The average molecular weight is 342 g/mol. The van der Waals surface area contributed by atoms with Crippen molar-refractivity contribution >= 4 is 29.1 Å². The number of hydrogen-bond donors (Lipinski definition) is 2. The van der Waals surface area contributed by atoms with Crippen LogP contribution in [0.5, 0.6) is 0 Å². The Bertz CT molecular complexity index is 954. The molecule has 0 amide bonds. The van der Waals surface area contributed by atoms with Gasteiger partial charge in [0.15, 0.2) is 0 Å². The number of nitrogens with zero attached hydrogens (tertiary/aromatic N) is 4. The van der Waals surface area contributed by atoms with Crippen molar-refractivity contribution in [1.29, 1.82) is 5.26 Å². The lowest BCUT2D eigenvalue weighted by atomic mass is 9.50. The Kier molecular flexibility index (Phi) is 4.65. The topological polar surface area (TPSA) is 86.5 Å². The number of fused-ring (bicyclic) bond motifs is 1. The van der Waals surface area contributed by atoms with Crippen LogP contribution in [0.3, 0.4) is 0 Å². The van der Waals surface area contributed by atoms with E-state index in [1.54, 1.807) is 18.6 Å². The van der Waals surface area contributed by atoms with E-state index in [-0.39, 0.29) is 6.71 Å². The highest BCUT2D eigenvalue weighted by molar-refractivity contribution is 6.67. The fourth-order valence-electron chi connectivity index (χ4n) is 3.43. The molecule has 2 aromatic heterocycles. The van der Waals surface area contributed by atoms with Crippen LogP contribution < -0.4 is 10.6 Å². The van der Waals surface area contributed by atoms with Gasteiger partial charge in [0, 0.05) is 37.1 Å². The molecule has 1 saturated heterocycles. The summed E-state index contributed by atoms with van der Waals surface area (Å²) in [5.41, 5.74) is 4.92. The molecule has 4 rings (SSSR count). The van der Waals surface area contributed by atoms with Crippen LogP contribution in [0, 0.1) is 11.2 Å². The smallest absolute Gasteiger partial charge is 0.269 e. The molecule has 1 atom stereocenters. The van der Waals surface area contributed by atoms with Crippen LogP contribution in [-0.4, -0.2) is 27.7 Å². The van der Waals surface area contributed by atoms with Crippen molar-refractivity contribution < 1.29 is 0 Å². The van der Waals surface area contributed by atoms with Gasteiger partial charge < -0.3 is 10.6 Å². The molecule has 128 valence electrons. The first kappa shape index (κ1) is 16.3. The molecule has 1 aliphatic heterocycles. The molecule has 7 heteroatoms. The molecule has 3 aromatic rings. The van der Waals surface area contributed by atoms with Crippen LogP contribution >= 0.6 is 0 Å². The van der Waals surface area contributed by atoms with Crippen molar-refractivity contribution in [3.8, 4) is 5.97 Å². The van der Waals surface area contributed by atoms with Crippen LogP contribution in [0.2, 0.25) is 12.6 Å². The predicted octanol–water partition coefficient (Wildman–Crippen LogP) is 3.38. The Balaban J connectivity index is 1.45. The van der Waals surface area contributed by atoms with E-state index >= 15 is 0 Å². The fourth-order valence-corrected chi connectivity index (χ4v) is 3.43. The minimum atomic E-state index is 0.171. The Morgan fingerprint density at radius 1 is 1.12 bits per heavy atom. The van der Waals surface area contributed by atoms with Crippen LogP contribution in [0.1, 0.15) is 12.0 Å². The quantitative estimate of drug-likeness (QED) is 0.691. The molecule has 0 saturated carbocycles. The van der Waals surface area contributed by atoms with Crippen molar-refractivity contribution in [2.45, 2.75) is 31.6 Å². The van der Waals surface area contributed by atoms with Gasteiger partial charge in [-0.25, -0.2) is 5.26 Å². The fraction of sp³-hybridized carbons (Fsp3) is 0.263. The zero-order valence-corrected chi connectivity index (χ0v) is 14.4. The number of pyridine rings is 1. The maximum atomic E-state index is 9.08. The average Bonchev–Trinajstić information content (AvgIpc) is 3.15. The summed E-state index contributed by atoms with van der Waals surface area (Å²) in [5, 5.41) is 16.1. The Morgan fingerprint density at radius 2 is 2.00 bits per heavy atom. The lowest BCUT2D eigenvalue weighted by Crippen LogP contribution is -2.18. The molecule has 1 aromatic carbocycles. The highest BCUT2D eigenvalue weighted by Crippen LogP contribution is 2.27. The van der Waals surface area contributed by atoms with Gasteiger partial charge in [0.2, 0.25) is 0 Å². The molecule has 26 heavy (non-hydrogen) atoms. The van der Waals surface area contributed by atoms with Gasteiger partial charge in [-0.15, -0.1) is 0 Å². The third kappa shape index (κ3) is 3.59. The lowest BCUT2D eigenvalue weighted by Gasteiger charge is -2.18. The number of aromatic nitrogens is 3. The zero-order chi connectivity index (χ0) is 17.8. The number of rotatable bonds is 5. The summed E-state index contributed by atoms with van der Waals surface area (Å²) in [7, 11) is 0. The van der Waals surface area contributed by atoms with E-state index in [4.69, 9.17) is 5.26 Å². The zero-order valence-electron chi connectivity index (χ0n) is 14.4. The molecule has 3 heterocycles. The van der Waals surface area contributed by atoms with Gasteiger partial charge in [0.1, 0.15) is 0 Å². The van der Waals surface area contributed by atoms with E-state index in [0.717, 1.165) is 47.0 Å². The van der Waals surface area contributed by atoms with E-state index in [2.05, 4.69) is 37.6 Å². The van der Waals surface area contributed by atoms with Crippen LogP contribution in [0.25, 0.3) is 11.0 Å². The molecule has 1 fully saturated rings. The predicted molar refractivity (Wildman–Crippen MR) is 104 cm³/mol. The summed E-state index contributed by atoms with van der Waals surface area (Å²) < 4.78 is 0. The monoisotopic (exact) mass is 342 g/mol. The highest BCUT2D eigenvalue weighted by Gasteiger charge is 2.28. The standard InChI is InChI=1S/C19H19BN6/c21-13-20-5-3-15(10-20)26-17-4-6-22-12-19(17)25-11-14-1-2-16-18(9-14)24-8-7-23-16/h1-2,4,6-9,12,15,25H,3,5,10-11H2,(H,22,26). The first-order valence-electron chi connectivity index (χ1n) is 8.85. The minimum absolute atomic E-state index is 0.171. The first-order valence-corrected chi connectivity index (χ1v) is 8.85. The van der Waals surface area contributed by atoms with E-state index in [1.807, 2.05) is 24.4 Å². The van der Waals surface area contributed by atoms with Crippen molar-refractivity contribution in [1.82, 2.24) is 15.0 Å². The van der Waals surface area contributed by atoms with Crippen LogP contribution in [-0.2, 0) is 6.54 Å². The second kappa shape index (κ2) is 7.40. The summed E-state index contributed by atoms with van der Waals surface area (Å²) in [4.78, 5) is 12.9. The van der Waals surface area contributed by atoms with Gasteiger partial charge in [0.25, 0.3) is 6.71 Å². The van der Waals surface area contributed by atoms with Crippen molar-refractivity contribution in [2.75, 3.05) is 10.6 Å². The maximum Gasteiger partial charge on any atom is 0.269 e. The summed E-state index contributed by atoms with van der Waals surface area (Å²) in [6, 6.07) is 8.42. The highest BCUT2D eigenvalue weighted by atomic mass is 15.0. The van der Waals surface area contributed by atoms with Crippen molar-refractivity contribution in [3.63, 3.8) is 0 Å². The third-order valence-electron chi connectivity index (χ3n) is 4.81. The van der Waals surface area contributed by atoms with Gasteiger partial charge in [-0.3, -0.25) is 15.0 Å². The van der Waals surface area contributed by atoms with Gasteiger partial charge in [-0.2, -0.15) is 0 Å². The molecule has 0 radical (unpaired) electrons. The first-order chi connectivity index (χ1) is 12.8. The van der Waals surface area contributed by atoms with Gasteiger partial charge >= 0.3 is 0 Å². The number of hydrogen-bond acceptors (Lipinski definition) is 6. The molecule has 1 unspecified atom stereocenters. The summed E-state index contributed by atoms with van der Waals surface area (Å²) in [6.07, 6.45) is 9.94. The number of benzene rings is 1. The summed E-state index contributed by atoms with van der Waals surface area (Å²) in [5.74, 6) is 2.38. The normalized spacial score (nSPS) is 16.4. The van der Waals surface area contributed by atoms with Crippen LogP contribution in [0.4, 0.5) is 11.4 Å². The van der Waals surface area contributed by atoms with Crippen molar-refractivity contribution in [2.24, 2.45) is 0 Å². The SMILES string of the molecule is N#CB1CCC(Nc2ccncc2NCc2ccc3nccnc3c2)C1. The largest absolute Gasteiger partial charge is 0.381 e. The van der Waals surface area contributed by atoms with E-state index in [0.29, 0.717) is 12.6 Å².